The van der Waals surface area contributed by atoms with Crippen molar-refractivity contribution in [2.75, 3.05) is 32.1 Å². The molecule has 10 heteroatoms. The molecule has 2 amide bonds. The Kier molecular flexibility index (Phi) is 8.78. The summed E-state index contributed by atoms with van der Waals surface area (Å²) < 4.78 is 12.9. The van der Waals surface area contributed by atoms with Crippen LogP contribution in [0.15, 0.2) is 23.3 Å². The molecule has 1 saturated heterocycles. The highest BCUT2D eigenvalue weighted by Gasteiger charge is 2.23. The van der Waals surface area contributed by atoms with Gasteiger partial charge in [0.05, 0.1) is 25.0 Å². The van der Waals surface area contributed by atoms with E-state index in [1.165, 1.54) is 11.7 Å². The second kappa shape index (κ2) is 12.0. The van der Waals surface area contributed by atoms with Gasteiger partial charge in [-0.1, -0.05) is 0 Å². The number of aromatic nitrogens is 2. The first-order valence-corrected chi connectivity index (χ1v) is 11.4. The molecule has 0 bridgehead atoms. The van der Waals surface area contributed by atoms with Crippen LogP contribution in [0.5, 0.6) is 11.5 Å². The van der Waals surface area contributed by atoms with E-state index in [0.717, 1.165) is 32.4 Å². The molecule has 1 aromatic carbocycles. The van der Waals surface area contributed by atoms with Crippen molar-refractivity contribution < 1.29 is 23.9 Å². The number of aryl methyl sites for hydroxylation is 1. The number of carbonyl (C=O) groups excluding carboxylic acids is 3. The van der Waals surface area contributed by atoms with E-state index < -0.39 is 0 Å². The Bertz CT molecular complexity index is 1060. The standard InChI is InChI=1S/C24H31N5O5/c1-4-25-18-14-20(19(33-3)13-17(18)24(32)29-10-6-5-7-11-29)34-12-8-9-23(31)27-21-15-28(2)22(16-30)26-21/h4,13-16H,5-12H2,1-3H3,(H,27,31)/b25-4-. The second-order valence-electron chi connectivity index (χ2n) is 7.97. The summed E-state index contributed by atoms with van der Waals surface area (Å²) in [6.45, 7) is 3.54. The topological polar surface area (TPSA) is 115 Å². The molecule has 0 unspecified atom stereocenters. The number of amides is 2. The lowest BCUT2D eigenvalue weighted by atomic mass is 10.1. The van der Waals surface area contributed by atoms with Crippen molar-refractivity contribution in [1.82, 2.24) is 14.5 Å². The van der Waals surface area contributed by atoms with Gasteiger partial charge in [0.15, 0.2) is 29.4 Å². The van der Waals surface area contributed by atoms with Crippen LogP contribution in [0.4, 0.5) is 11.5 Å². The summed E-state index contributed by atoms with van der Waals surface area (Å²) in [5.41, 5.74) is 1.00. The van der Waals surface area contributed by atoms with E-state index in [1.54, 1.807) is 38.5 Å². The van der Waals surface area contributed by atoms with Crippen LogP contribution in [0, 0.1) is 0 Å². The van der Waals surface area contributed by atoms with Crippen molar-refractivity contribution in [2.45, 2.75) is 39.0 Å². The molecule has 1 fully saturated rings. The Hall–Kier alpha value is -3.69. The fourth-order valence-electron chi connectivity index (χ4n) is 3.78. The number of benzene rings is 1. The van der Waals surface area contributed by atoms with Crippen LogP contribution in [-0.2, 0) is 11.8 Å². The number of hydrogen-bond acceptors (Lipinski definition) is 7. The first kappa shape index (κ1) is 24.9. The van der Waals surface area contributed by atoms with Crippen molar-refractivity contribution >= 4 is 35.8 Å². The van der Waals surface area contributed by atoms with Crippen molar-refractivity contribution in [2.24, 2.45) is 12.0 Å². The van der Waals surface area contributed by atoms with Gasteiger partial charge in [0, 0.05) is 45.0 Å². The van der Waals surface area contributed by atoms with Gasteiger partial charge < -0.3 is 24.3 Å². The molecule has 1 aromatic heterocycles. The zero-order valence-electron chi connectivity index (χ0n) is 19.9. The number of carbonyl (C=O) groups is 3. The summed E-state index contributed by atoms with van der Waals surface area (Å²) in [6.07, 6.45) is 7.63. The molecular weight excluding hydrogens is 438 g/mol. The van der Waals surface area contributed by atoms with Gasteiger partial charge in [-0.2, -0.15) is 0 Å². The number of imidazole rings is 1. The van der Waals surface area contributed by atoms with Crippen molar-refractivity contribution in [3.63, 3.8) is 0 Å². The Balaban J connectivity index is 1.62. The monoisotopic (exact) mass is 469 g/mol. The molecule has 0 atom stereocenters. The van der Waals surface area contributed by atoms with E-state index in [-0.39, 0.29) is 30.7 Å². The van der Waals surface area contributed by atoms with Crippen molar-refractivity contribution in [3.8, 4) is 11.5 Å². The summed E-state index contributed by atoms with van der Waals surface area (Å²) >= 11 is 0. The molecular formula is C24H31N5O5. The molecule has 3 rings (SSSR count). The third-order valence-corrected chi connectivity index (χ3v) is 5.51. The summed E-state index contributed by atoms with van der Waals surface area (Å²) in [5, 5.41) is 2.66. The first-order chi connectivity index (χ1) is 16.5. The summed E-state index contributed by atoms with van der Waals surface area (Å²) in [4.78, 5) is 46.4. The molecule has 182 valence electrons. The van der Waals surface area contributed by atoms with Crippen LogP contribution in [-0.4, -0.2) is 65.6 Å². The van der Waals surface area contributed by atoms with Gasteiger partial charge >= 0.3 is 0 Å². The number of aldehydes is 1. The molecule has 0 spiro atoms. The van der Waals surface area contributed by atoms with Gasteiger partial charge in [-0.05, 0) is 38.7 Å². The zero-order valence-corrected chi connectivity index (χ0v) is 19.9. The third-order valence-electron chi connectivity index (χ3n) is 5.51. The summed E-state index contributed by atoms with van der Waals surface area (Å²) in [6, 6.07) is 3.37. The smallest absolute Gasteiger partial charge is 0.256 e. The highest BCUT2D eigenvalue weighted by molar-refractivity contribution is 6.00. The van der Waals surface area contributed by atoms with Crippen LogP contribution in [0.25, 0.3) is 0 Å². The Morgan fingerprint density at radius 1 is 1.21 bits per heavy atom. The molecule has 0 saturated carbocycles. The van der Waals surface area contributed by atoms with Crippen LogP contribution in [0.3, 0.4) is 0 Å². The average molecular weight is 470 g/mol. The van der Waals surface area contributed by atoms with Gasteiger partial charge in [-0.15, -0.1) is 0 Å². The predicted octanol–water partition coefficient (Wildman–Crippen LogP) is 3.39. The number of rotatable bonds is 10. The minimum atomic E-state index is -0.232. The molecule has 1 aliphatic heterocycles. The third kappa shape index (κ3) is 6.21. The number of ether oxygens (including phenoxy) is 2. The highest BCUT2D eigenvalue weighted by atomic mass is 16.5. The predicted molar refractivity (Wildman–Crippen MR) is 129 cm³/mol. The molecule has 34 heavy (non-hydrogen) atoms. The van der Waals surface area contributed by atoms with E-state index in [1.807, 2.05) is 4.90 Å². The van der Waals surface area contributed by atoms with E-state index in [0.29, 0.717) is 41.3 Å². The van der Waals surface area contributed by atoms with Gasteiger partial charge in [0.25, 0.3) is 5.91 Å². The van der Waals surface area contributed by atoms with Crippen LogP contribution in [0.2, 0.25) is 0 Å². The second-order valence-corrected chi connectivity index (χ2v) is 7.97. The Labute approximate surface area is 199 Å². The lowest BCUT2D eigenvalue weighted by Crippen LogP contribution is -2.35. The molecule has 0 radical (unpaired) electrons. The summed E-state index contributed by atoms with van der Waals surface area (Å²) in [7, 11) is 3.20. The van der Waals surface area contributed by atoms with Crippen LogP contribution < -0.4 is 14.8 Å². The summed E-state index contributed by atoms with van der Waals surface area (Å²) in [5.74, 6) is 1.17. The van der Waals surface area contributed by atoms with E-state index in [9.17, 15) is 14.4 Å². The lowest BCUT2D eigenvalue weighted by Gasteiger charge is -2.27. The maximum atomic E-state index is 13.1. The van der Waals surface area contributed by atoms with Gasteiger partial charge in [0.1, 0.15) is 0 Å². The Morgan fingerprint density at radius 2 is 1.97 bits per heavy atom. The number of nitrogens with one attached hydrogen (secondary N) is 1. The van der Waals surface area contributed by atoms with Crippen molar-refractivity contribution in [3.05, 3.63) is 29.7 Å². The largest absolute Gasteiger partial charge is 0.493 e. The fraction of sp³-hybridized carbons (Fsp3) is 0.458. The SMILES string of the molecule is C/C=N\c1cc(OCCCC(=O)Nc2cn(C)c(C=O)n2)c(OC)cc1C(=O)N1CCCCC1. The number of nitrogens with zero attached hydrogens (tertiary/aromatic N) is 4. The normalized spacial score (nSPS) is 13.7. The molecule has 0 aliphatic carbocycles. The Morgan fingerprint density at radius 3 is 2.62 bits per heavy atom. The molecule has 1 aliphatic rings. The van der Waals surface area contributed by atoms with Gasteiger partial charge in [-0.3, -0.25) is 19.4 Å². The molecule has 10 nitrogen and oxygen atoms in total. The van der Waals surface area contributed by atoms with E-state index in [4.69, 9.17) is 9.47 Å². The number of hydrogen-bond donors (Lipinski definition) is 1. The lowest BCUT2D eigenvalue weighted by molar-refractivity contribution is -0.116. The number of likely N-dealkylation sites (tertiary alicyclic amines) is 1. The van der Waals surface area contributed by atoms with Gasteiger partial charge in [0.2, 0.25) is 5.91 Å². The van der Waals surface area contributed by atoms with Crippen LogP contribution >= 0.6 is 0 Å². The van der Waals surface area contributed by atoms with Crippen LogP contribution in [0.1, 0.15) is 60.0 Å². The number of piperidine rings is 1. The minimum absolute atomic E-state index is 0.0610. The highest BCUT2D eigenvalue weighted by Crippen LogP contribution is 2.36. The number of aliphatic imine (C=N–C) groups is 1. The molecule has 2 heterocycles. The van der Waals surface area contributed by atoms with Gasteiger partial charge in [-0.25, -0.2) is 4.98 Å². The van der Waals surface area contributed by atoms with E-state index in [2.05, 4.69) is 15.3 Å². The number of anilines is 1. The molecule has 1 N–H and O–H groups in total. The minimum Gasteiger partial charge on any atom is -0.493 e. The number of methoxy groups -OCH3 is 1. The van der Waals surface area contributed by atoms with E-state index >= 15 is 0 Å². The molecule has 2 aromatic rings. The maximum Gasteiger partial charge on any atom is 0.256 e. The quantitative estimate of drug-likeness (QED) is 0.324. The first-order valence-electron chi connectivity index (χ1n) is 11.4. The van der Waals surface area contributed by atoms with Crippen molar-refractivity contribution in [1.29, 1.82) is 0 Å². The average Bonchev–Trinajstić information content (AvgIpc) is 3.20. The zero-order chi connectivity index (χ0) is 24.5. The fourth-order valence-corrected chi connectivity index (χ4v) is 3.78. The maximum absolute atomic E-state index is 13.1.